The zero-order valence-corrected chi connectivity index (χ0v) is 15.3. The van der Waals surface area contributed by atoms with E-state index in [9.17, 15) is 9.59 Å². The first-order valence-electron chi connectivity index (χ1n) is 8.73. The van der Waals surface area contributed by atoms with Gasteiger partial charge in [0.25, 0.3) is 11.8 Å². The third kappa shape index (κ3) is 4.15. The summed E-state index contributed by atoms with van der Waals surface area (Å²) in [5.41, 5.74) is 7.27. The first kappa shape index (κ1) is 18.6. The molecule has 0 atom stereocenters. The smallest absolute Gasteiger partial charge is 0.261 e. The van der Waals surface area contributed by atoms with E-state index in [1.54, 1.807) is 24.3 Å². The molecule has 2 aromatic rings. The second-order valence-electron chi connectivity index (χ2n) is 6.58. The Morgan fingerprint density at radius 2 is 1.59 bits per heavy atom. The molecular weight excluding hydrogens is 340 g/mol. The maximum absolute atomic E-state index is 12.4. The third-order valence-electron chi connectivity index (χ3n) is 4.32. The molecule has 0 aliphatic carbocycles. The molecule has 1 heterocycles. The van der Waals surface area contributed by atoms with Crippen molar-refractivity contribution in [3.63, 3.8) is 0 Å². The molecule has 138 valence electrons. The van der Waals surface area contributed by atoms with Crippen LogP contribution in [0.15, 0.2) is 67.3 Å². The lowest BCUT2D eigenvalue weighted by molar-refractivity contribution is 0.0656. The van der Waals surface area contributed by atoms with E-state index < -0.39 is 0 Å². The van der Waals surface area contributed by atoms with Crippen molar-refractivity contribution in [1.29, 1.82) is 0 Å². The molecule has 0 aromatic heterocycles. The molecule has 2 amide bonds. The van der Waals surface area contributed by atoms with E-state index in [1.807, 2.05) is 31.2 Å². The summed E-state index contributed by atoms with van der Waals surface area (Å²) in [7, 11) is 0. The van der Waals surface area contributed by atoms with Crippen molar-refractivity contribution in [3.8, 4) is 0 Å². The van der Waals surface area contributed by atoms with Crippen LogP contribution in [-0.4, -0.2) is 29.9 Å². The van der Waals surface area contributed by atoms with Crippen molar-refractivity contribution in [3.05, 3.63) is 89.5 Å². The van der Waals surface area contributed by atoms with Crippen molar-refractivity contribution in [2.75, 3.05) is 13.2 Å². The fraction of sp³-hybridized carbons (Fsp3) is 0.182. The summed E-state index contributed by atoms with van der Waals surface area (Å²) in [6.45, 7) is 10.4. The zero-order valence-electron chi connectivity index (χ0n) is 15.3. The normalized spacial score (nSPS) is 12.9. The van der Waals surface area contributed by atoms with Crippen LogP contribution in [0.2, 0.25) is 0 Å². The van der Waals surface area contributed by atoms with Gasteiger partial charge in [-0.05, 0) is 36.6 Å². The maximum Gasteiger partial charge on any atom is 0.261 e. The summed E-state index contributed by atoms with van der Waals surface area (Å²) in [6.07, 6.45) is 0.595. The van der Waals surface area contributed by atoms with Crippen LogP contribution in [0.4, 0.5) is 0 Å². The van der Waals surface area contributed by atoms with Crippen molar-refractivity contribution in [2.45, 2.75) is 13.3 Å². The SMILES string of the molecule is C=C(C)CONC(=C)c1ccc(CCN2C(=O)c3ccccc3C2=O)cc1. The maximum atomic E-state index is 12.4. The van der Waals surface area contributed by atoms with Gasteiger partial charge in [-0.1, -0.05) is 55.1 Å². The molecule has 1 aliphatic heterocycles. The van der Waals surface area contributed by atoms with Gasteiger partial charge in [0, 0.05) is 6.54 Å². The molecular formula is C22H22N2O3. The van der Waals surface area contributed by atoms with Gasteiger partial charge in [0.1, 0.15) is 0 Å². The van der Waals surface area contributed by atoms with Crippen LogP contribution in [0, 0.1) is 0 Å². The number of amides is 2. The van der Waals surface area contributed by atoms with Gasteiger partial charge in [0.15, 0.2) is 0 Å². The van der Waals surface area contributed by atoms with Gasteiger partial charge in [-0.15, -0.1) is 0 Å². The van der Waals surface area contributed by atoms with Crippen LogP contribution in [0.3, 0.4) is 0 Å². The minimum absolute atomic E-state index is 0.223. The number of rotatable bonds is 8. The number of hydrogen-bond acceptors (Lipinski definition) is 4. The highest BCUT2D eigenvalue weighted by atomic mass is 16.6. The van der Waals surface area contributed by atoms with Crippen molar-refractivity contribution >= 4 is 17.5 Å². The van der Waals surface area contributed by atoms with Gasteiger partial charge in [0.2, 0.25) is 0 Å². The molecule has 0 fully saturated rings. The van der Waals surface area contributed by atoms with Crippen LogP contribution in [0.1, 0.15) is 38.8 Å². The van der Waals surface area contributed by atoms with Crippen molar-refractivity contribution in [1.82, 2.24) is 10.4 Å². The zero-order chi connectivity index (χ0) is 19.4. The van der Waals surface area contributed by atoms with E-state index >= 15 is 0 Å². The Morgan fingerprint density at radius 3 is 2.15 bits per heavy atom. The first-order valence-corrected chi connectivity index (χ1v) is 8.73. The van der Waals surface area contributed by atoms with E-state index in [1.165, 1.54) is 4.90 Å². The summed E-state index contributed by atoms with van der Waals surface area (Å²) >= 11 is 0. The minimum atomic E-state index is -0.223. The molecule has 0 saturated heterocycles. The summed E-state index contributed by atoms with van der Waals surface area (Å²) in [4.78, 5) is 31.4. The van der Waals surface area contributed by atoms with Crippen LogP contribution < -0.4 is 5.48 Å². The molecule has 0 unspecified atom stereocenters. The minimum Gasteiger partial charge on any atom is -0.274 e. The van der Waals surface area contributed by atoms with Crippen LogP contribution in [0.25, 0.3) is 5.70 Å². The Morgan fingerprint density at radius 1 is 1.00 bits per heavy atom. The van der Waals surface area contributed by atoms with Gasteiger partial charge in [-0.3, -0.25) is 24.8 Å². The number of hydrogen-bond donors (Lipinski definition) is 1. The Kier molecular flexibility index (Phi) is 5.52. The van der Waals surface area contributed by atoms with Gasteiger partial charge in [0.05, 0.1) is 23.4 Å². The molecule has 1 aliphatic rings. The highest BCUT2D eigenvalue weighted by Crippen LogP contribution is 2.22. The van der Waals surface area contributed by atoms with Crippen molar-refractivity contribution < 1.29 is 14.4 Å². The predicted octanol–water partition coefficient (Wildman–Crippen LogP) is 3.59. The molecule has 0 bridgehead atoms. The van der Waals surface area contributed by atoms with Crippen LogP contribution >= 0.6 is 0 Å². The van der Waals surface area contributed by atoms with E-state index in [0.29, 0.717) is 36.4 Å². The average molecular weight is 362 g/mol. The van der Waals surface area contributed by atoms with Gasteiger partial charge in [-0.2, -0.15) is 0 Å². The molecule has 0 radical (unpaired) electrons. The summed E-state index contributed by atoms with van der Waals surface area (Å²) in [6, 6.07) is 14.7. The quantitative estimate of drug-likeness (QED) is 0.443. The third-order valence-corrected chi connectivity index (χ3v) is 4.32. The summed E-state index contributed by atoms with van der Waals surface area (Å²) < 4.78 is 0. The first-order chi connectivity index (χ1) is 13.0. The van der Waals surface area contributed by atoms with E-state index in [0.717, 1.165) is 16.7 Å². The number of carbonyl (C=O) groups excluding carboxylic acids is 2. The highest BCUT2D eigenvalue weighted by Gasteiger charge is 2.34. The number of benzene rings is 2. The Hall–Kier alpha value is -3.18. The molecule has 2 aromatic carbocycles. The topological polar surface area (TPSA) is 58.6 Å². The number of fused-ring (bicyclic) bond motifs is 1. The van der Waals surface area contributed by atoms with Gasteiger partial charge in [-0.25, -0.2) is 0 Å². The Balaban J connectivity index is 1.57. The highest BCUT2D eigenvalue weighted by molar-refractivity contribution is 6.21. The number of nitrogens with zero attached hydrogens (tertiary/aromatic N) is 1. The summed E-state index contributed by atoms with van der Waals surface area (Å²) in [5, 5.41) is 0. The van der Waals surface area contributed by atoms with E-state index in [-0.39, 0.29) is 11.8 Å². The van der Waals surface area contributed by atoms with Gasteiger partial charge < -0.3 is 0 Å². The predicted molar refractivity (Wildman–Crippen MR) is 105 cm³/mol. The summed E-state index contributed by atoms with van der Waals surface area (Å²) in [5.74, 6) is -0.445. The van der Waals surface area contributed by atoms with Gasteiger partial charge >= 0.3 is 0 Å². The number of hydroxylamine groups is 1. The van der Waals surface area contributed by atoms with E-state index in [4.69, 9.17) is 4.84 Å². The van der Waals surface area contributed by atoms with Crippen LogP contribution in [0.5, 0.6) is 0 Å². The fourth-order valence-corrected chi connectivity index (χ4v) is 2.86. The molecule has 0 saturated carbocycles. The lowest BCUT2D eigenvalue weighted by Gasteiger charge is -2.14. The second kappa shape index (κ2) is 8.01. The van der Waals surface area contributed by atoms with E-state index in [2.05, 4.69) is 18.6 Å². The van der Waals surface area contributed by atoms with Crippen molar-refractivity contribution in [2.24, 2.45) is 0 Å². The lowest BCUT2D eigenvalue weighted by atomic mass is 10.1. The molecule has 0 spiro atoms. The molecule has 5 heteroatoms. The largest absolute Gasteiger partial charge is 0.274 e. The molecule has 3 rings (SSSR count). The molecule has 5 nitrogen and oxygen atoms in total. The average Bonchev–Trinajstić information content (AvgIpc) is 2.91. The number of nitrogens with one attached hydrogen (secondary N) is 1. The number of imide groups is 1. The van der Waals surface area contributed by atoms with Crippen LogP contribution in [-0.2, 0) is 11.3 Å². The standard InChI is InChI=1S/C22H22N2O3/c1-15(2)14-27-23-16(3)18-10-8-17(9-11-18)12-13-24-21(25)19-6-4-5-7-20(19)22(24)26/h4-11,23H,1,3,12-14H2,2H3. The Bertz CT molecular complexity index is 865. The fourth-order valence-electron chi connectivity index (χ4n) is 2.86. The Labute approximate surface area is 158 Å². The lowest BCUT2D eigenvalue weighted by Crippen LogP contribution is -2.31. The molecule has 27 heavy (non-hydrogen) atoms. The second-order valence-corrected chi connectivity index (χ2v) is 6.58. The number of carbonyl (C=O) groups is 2. The monoisotopic (exact) mass is 362 g/mol. The molecule has 1 N–H and O–H groups in total.